The first kappa shape index (κ1) is 35.0. The molecule has 0 saturated carbocycles. The molecule has 0 radical (unpaired) electrons. The van der Waals surface area contributed by atoms with Crippen LogP contribution in [0.2, 0.25) is 0 Å². The molecular formula is C32H41F3N8O5S. The normalized spacial score (nSPS) is 19.0. The number of amides is 2. The first-order valence-corrected chi connectivity index (χ1v) is 18.2. The summed E-state index contributed by atoms with van der Waals surface area (Å²) >= 11 is 0. The zero-order valence-electron chi connectivity index (χ0n) is 27.5. The van der Waals surface area contributed by atoms with E-state index < -0.39 is 40.3 Å². The molecule has 1 atom stereocenters. The standard InChI is InChI=1S/C32H41F3N8O5S/c1-39-15-10-36-30(39)31(46)37-17-22-16-21(5-6-26(22)32(33,34)35)29-25-20-41(49(2,47)48)14-9-27(25)43(38-29)19-24(44)18-40-12-7-23(8-13-40)42-11-3-4-28(42)45/h5-6,10,15-16,23-24,44H,3-4,7-9,11-14,17-20H2,1-2H3,(H,37,46). The third kappa shape index (κ3) is 7.69. The van der Waals surface area contributed by atoms with Crippen molar-refractivity contribution in [3.8, 4) is 11.3 Å². The number of fused-ring (bicyclic) bond motifs is 1. The van der Waals surface area contributed by atoms with E-state index in [-0.39, 0.29) is 43.0 Å². The maximum Gasteiger partial charge on any atom is 0.416 e. The highest BCUT2D eigenvalue weighted by molar-refractivity contribution is 7.88. The summed E-state index contributed by atoms with van der Waals surface area (Å²) < 4.78 is 71.7. The molecule has 1 aromatic carbocycles. The quantitative estimate of drug-likeness (QED) is 0.326. The number of aliphatic hydroxyl groups excluding tert-OH is 1. The van der Waals surface area contributed by atoms with E-state index in [1.807, 2.05) is 4.90 Å². The molecule has 2 saturated heterocycles. The number of imidazole rings is 1. The molecule has 2 fully saturated rings. The second-order valence-electron chi connectivity index (χ2n) is 13.1. The first-order valence-electron chi connectivity index (χ1n) is 16.4. The third-order valence-corrected chi connectivity index (χ3v) is 10.9. The predicted octanol–water partition coefficient (Wildman–Crippen LogP) is 2.00. The van der Waals surface area contributed by atoms with Crippen molar-refractivity contribution in [2.75, 3.05) is 39.0 Å². The number of aliphatic hydroxyl groups is 1. The maximum atomic E-state index is 14.1. The van der Waals surface area contributed by atoms with Gasteiger partial charge in [0.1, 0.15) is 0 Å². The molecule has 17 heteroatoms. The summed E-state index contributed by atoms with van der Waals surface area (Å²) in [6.45, 7) is 2.51. The van der Waals surface area contributed by atoms with E-state index in [0.717, 1.165) is 51.2 Å². The smallest absolute Gasteiger partial charge is 0.390 e. The van der Waals surface area contributed by atoms with Crippen molar-refractivity contribution in [1.82, 2.24) is 38.8 Å². The van der Waals surface area contributed by atoms with Gasteiger partial charge in [-0.05, 0) is 37.0 Å². The molecule has 2 aromatic heterocycles. The second kappa shape index (κ2) is 13.8. The molecule has 0 spiro atoms. The van der Waals surface area contributed by atoms with Crippen LogP contribution in [-0.4, -0.2) is 110 Å². The highest BCUT2D eigenvalue weighted by atomic mass is 32.2. The van der Waals surface area contributed by atoms with Gasteiger partial charge in [0, 0.05) is 101 Å². The van der Waals surface area contributed by atoms with E-state index in [1.54, 1.807) is 17.9 Å². The van der Waals surface area contributed by atoms with Crippen LogP contribution in [0.5, 0.6) is 0 Å². The molecule has 13 nitrogen and oxygen atoms in total. The minimum absolute atomic E-state index is 0.0193. The van der Waals surface area contributed by atoms with Gasteiger partial charge >= 0.3 is 6.18 Å². The van der Waals surface area contributed by atoms with Gasteiger partial charge in [-0.15, -0.1) is 0 Å². The second-order valence-corrected chi connectivity index (χ2v) is 15.1. The number of hydrogen-bond acceptors (Lipinski definition) is 8. The van der Waals surface area contributed by atoms with Crippen molar-refractivity contribution in [1.29, 1.82) is 0 Å². The summed E-state index contributed by atoms with van der Waals surface area (Å²) in [5.74, 6) is -0.385. The number of carbonyl (C=O) groups excluding carboxylic acids is 2. The molecule has 2 N–H and O–H groups in total. The molecule has 2 amide bonds. The number of carbonyl (C=O) groups is 2. The zero-order chi connectivity index (χ0) is 35.1. The van der Waals surface area contributed by atoms with Crippen molar-refractivity contribution >= 4 is 21.8 Å². The molecule has 0 aliphatic carbocycles. The van der Waals surface area contributed by atoms with E-state index in [2.05, 4.69) is 15.2 Å². The Hall–Kier alpha value is -3.80. The fourth-order valence-electron chi connectivity index (χ4n) is 7.16. The molecule has 3 aliphatic rings. The lowest BCUT2D eigenvalue weighted by molar-refractivity contribution is -0.138. The van der Waals surface area contributed by atoms with Crippen LogP contribution in [0.3, 0.4) is 0 Å². The molecule has 5 heterocycles. The van der Waals surface area contributed by atoms with Gasteiger partial charge in [0.15, 0.2) is 5.82 Å². The number of nitrogens with zero attached hydrogens (tertiary/aromatic N) is 7. The van der Waals surface area contributed by atoms with Crippen LogP contribution in [0.1, 0.15) is 58.7 Å². The van der Waals surface area contributed by atoms with Crippen molar-refractivity contribution in [3.05, 3.63) is 58.8 Å². The topological polar surface area (TPSA) is 146 Å². The van der Waals surface area contributed by atoms with Gasteiger partial charge in [-0.2, -0.15) is 22.6 Å². The number of aromatic nitrogens is 4. The summed E-state index contributed by atoms with van der Waals surface area (Å²) in [5.41, 5.74) is 0.804. The van der Waals surface area contributed by atoms with Crippen LogP contribution in [0.4, 0.5) is 13.2 Å². The van der Waals surface area contributed by atoms with E-state index >= 15 is 0 Å². The van der Waals surface area contributed by atoms with Crippen LogP contribution in [-0.2, 0) is 54.1 Å². The predicted molar refractivity (Wildman–Crippen MR) is 172 cm³/mol. The molecule has 266 valence electrons. The van der Waals surface area contributed by atoms with Crippen LogP contribution in [0, 0.1) is 0 Å². The van der Waals surface area contributed by atoms with E-state index in [0.29, 0.717) is 41.9 Å². The molecule has 3 aliphatic heterocycles. The molecule has 49 heavy (non-hydrogen) atoms. The Morgan fingerprint density at radius 3 is 2.51 bits per heavy atom. The fraction of sp³-hybridized carbons (Fsp3) is 0.562. The highest BCUT2D eigenvalue weighted by Gasteiger charge is 2.36. The van der Waals surface area contributed by atoms with Gasteiger partial charge in [-0.25, -0.2) is 13.4 Å². The van der Waals surface area contributed by atoms with Gasteiger partial charge in [0.2, 0.25) is 15.9 Å². The molecule has 6 rings (SSSR count). The number of hydrogen-bond donors (Lipinski definition) is 2. The Kier molecular flexibility index (Phi) is 9.90. The number of aryl methyl sites for hydroxylation is 1. The Bertz CT molecular complexity index is 1820. The summed E-state index contributed by atoms with van der Waals surface area (Å²) in [6, 6.07) is 3.78. The summed E-state index contributed by atoms with van der Waals surface area (Å²) in [7, 11) is -1.98. The van der Waals surface area contributed by atoms with E-state index in [1.165, 1.54) is 27.2 Å². The Labute approximate surface area is 282 Å². The monoisotopic (exact) mass is 706 g/mol. The van der Waals surface area contributed by atoms with E-state index in [4.69, 9.17) is 5.10 Å². The number of rotatable bonds is 10. The zero-order valence-corrected chi connectivity index (χ0v) is 28.3. The maximum absolute atomic E-state index is 14.1. The van der Waals surface area contributed by atoms with Gasteiger partial charge in [-0.1, -0.05) is 6.07 Å². The van der Waals surface area contributed by atoms with Crippen LogP contribution in [0.15, 0.2) is 30.6 Å². The average Bonchev–Trinajstić information content (AvgIpc) is 3.77. The minimum atomic E-state index is -4.70. The third-order valence-electron chi connectivity index (χ3n) is 9.68. The SMILES string of the molecule is Cn1ccnc1C(=O)NCc1cc(-c2nn(CC(O)CN3CCC(N4CCCC4=O)CC3)c3c2CN(S(C)(=O)=O)CC3)ccc1C(F)(F)F. The average molecular weight is 707 g/mol. The number of β-amino-alcohol motifs (C(OH)–C–C–N with tert-alkyl or cyclic N) is 1. The summed E-state index contributed by atoms with van der Waals surface area (Å²) in [5, 5.41) is 18.5. The number of halogens is 3. The first-order chi connectivity index (χ1) is 23.2. The largest absolute Gasteiger partial charge is 0.416 e. The Morgan fingerprint density at radius 2 is 1.88 bits per heavy atom. The number of benzene rings is 1. The minimum Gasteiger partial charge on any atom is -0.390 e. The number of alkyl halides is 3. The van der Waals surface area contributed by atoms with Crippen LogP contribution >= 0.6 is 0 Å². The van der Waals surface area contributed by atoms with Crippen molar-refractivity contribution in [2.24, 2.45) is 7.05 Å². The number of piperidine rings is 1. The summed E-state index contributed by atoms with van der Waals surface area (Å²) in [6.07, 6.45) is 2.02. The lowest BCUT2D eigenvalue weighted by atomic mass is 9.97. The van der Waals surface area contributed by atoms with Crippen molar-refractivity contribution in [3.63, 3.8) is 0 Å². The van der Waals surface area contributed by atoms with Crippen LogP contribution in [0.25, 0.3) is 11.3 Å². The van der Waals surface area contributed by atoms with Crippen molar-refractivity contribution < 1.29 is 36.3 Å². The summed E-state index contributed by atoms with van der Waals surface area (Å²) in [4.78, 5) is 32.9. The fourth-order valence-corrected chi connectivity index (χ4v) is 7.95. The molecule has 3 aromatic rings. The lowest BCUT2D eigenvalue weighted by Gasteiger charge is -2.37. The van der Waals surface area contributed by atoms with Gasteiger partial charge in [0.25, 0.3) is 5.91 Å². The molecule has 1 unspecified atom stereocenters. The van der Waals surface area contributed by atoms with Gasteiger partial charge < -0.3 is 24.8 Å². The number of likely N-dealkylation sites (tertiary alicyclic amines) is 2. The van der Waals surface area contributed by atoms with Gasteiger partial charge in [-0.3, -0.25) is 14.3 Å². The lowest BCUT2D eigenvalue weighted by Crippen LogP contribution is -2.47. The van der Waals surface area contributed by atoms with Gasteiger partial charge in [0.05, 0.1) is 30.2 Å². The number of nitrogens with one attached hydrogen (secondary N) is 1. The highest BCUT2D eigenvalue weighted by Crippen LogP contribution is 2.37. The number of sulfonamides is 1. The Balaban J connectivity index is 1.24. The Morgan fingerprint density at radius 1 is 1.12 bits per heavy atom. The van der Waals surface area contributed by atoms with Crippen LogP contribution < -0.4 is 5.32 Å². The van der Waals surface area contributed by atoms with E-state index in [9.17, 15) is 36.3 Å². The van der Waals surface area contributed by atoms with Crippen molar-refractivity contribution in [2.45, 2.75) is 70.1 Å². The molecule has 0 bridgehead atoms. The molecular weight excluding hydrogens is 665 g/mol.